The number of carbonyl (C=O) groups is 1. The van der Waals surface area contributed by atoms with E-state index in [0.717, 1.165) is 15.6 Å². The molecular formula is C9H10Cl2N2O3S2. The Balaban J connectivity index is 2.42. The fourth-order valence-corrected chi connectivity index (χ4v) is 5.43. The number of sulfonamides is 1. The van der Waals surface area contributed by atoms with Crippen LogP contribution in [-0.2, 0) is 14.8 Å². The minimum atomic E-state index is -3.79. The quantitative estimate of drug-likeness (QED) is 0.895. The zero-order valence-corrected chi connectivity index (χ0v) is 12.5. The van der Waals surface area contributed by atoms with Gasteiger partial charge in [-0.05, 0) is 13.0 Å². The fourth-order valence-electron chi connectivity index (χ4n) is 1.72. The van der Waals surface area contributed by atoms with E-state index in [-0.39, 0.29) is 28.2 Å². The van der Waals surface area contributed by atoms with Crippen LogP contribution in [0.3, 0.4) is 0 Å². The average Bonchev–Trinajstić information content (AvgIpc) is 2.62. The van der Waals surface area contributed by atoms with Crippen molar-refractivity contribution in [1.29, 1.82) is 0 Å². The lowest BCUT2D eigenvalue weighted by atomic mass is 10.2. The molecule has 1 atom stereocenters. The molecule has 5 nitrogen and oxygen atoms in total. The summed E-state index contributed by atoms with van der Waals surface area (Å²) in [4.78, 5) is 11.5. The van der Waals surface area contributed by atoms with E-state index >= 15 is 0 Å². The van der Waals surface area contributed by atoms with Crippen LogP contribution in [0.1, 0.15) is 6.92 Å². The van der Waals surface area contributed by atoms with E-state index in [0.29, 0.717) is 4.34 Å². The Kier molecular flexibility index (Phi) is 3.89. The predicted octanol–water partition coefficient (Wildman–Crippen LogP) is 1.56. The highest BCUT2D eigenvalue weighted by Crippen LogP contribution is 2.36. The molecule has 1 aliphatic heterocycles. The molecule has 1 aromatic heterocycles. The van der Waals surface area contributed by atoms with Crippen molar-refractivity contribution in [2.45, 2.75) is 17.9 Å². The SMILES string of the molecule is CC1C(=O)NCCN1S(=O)(=O)c1cc(Cl)sc1Cl. The maximum atomic E-state index is 12.4. The van der Waals surface area contributed by atoms with Crippen molar-refractivity contribution >= 4 is 50.5 Å². The van der Waals surface area contributed by atoms with Gasteiger partial charge in [0.1, 0.15) is 15.3 Å². The number of piperazine rings is 1. The Hall–Kier alpha value is -0.340. The van der Waals surface area contributed by atoms with Gasteiger partial charge in [-0.2, -0.15) is 4.31 Å². The van der Waals surface area contributed by atoms with Gasteiger partial charge < -0.3 is 5.32 Å². The molecule has 9 heteroatoms. The molecule has 0 radical (unpaired) electrons. The first kappa shape index (κ1) is 14.1. The minimum absolute atomic E-state index is 0.0410. The molecule has 1 fully saturated rings. The minimum Gasteiger partial charge on any atom is -0.353 e. The lowest BCUT2D eigenvalue weighted by Crippen LogP contribution is -2.55. The molecule has 0 saturated carbocycles. The van der Waals surface area contributed by atoms with E-state index in [2.05, 4.69) is 5.32 Å². The first-order valence-corrected chi connectivity index (χ1v) is 8.09. The molecular weight excluding hydrogens is 319 g/mol. The Labute approximate surface area is 119 Å². The summed E-state index contributed by atoms with van der Waals surface area (Å²) in [7, 11) is -3.79. The molecule has 100 valence electrons. The average molecular weight is 329 g/mol. The van der Waals surface area contributed by atoms with Crippen LogP contribution in [0, 0.1) is 0 Å². The number of hydrogen-bond acceptors (Lipinski definition) is 4. The zero-order valence-electron chi connectivity index (χ0n) is 9.31. The molecule has 2 heterocycles. The van der Waals surface area contributed by atoms with Crippen molar-refractivity contribution in [3.05, 3.63) is 14.7 Å². The van der Waals surface area contributed by atoms with Crippen LogP contribution in [-0.4, -0.2) is 37.8 Å². The largest absolute Gasteiger partial charge is 0.353 e. The highest BCUT2D eigenvalue weighted by atomic mass is 35.5. The van der Waals surface area contributed by atoms with Gasteiger partial charge in [0.2, 0.25) is 15.9 Å². The molecule has 0 bridgehead atoms. The van der Waals surface area contributed by atoms with Crippen LogP contribution in [0.4, 0.5) is 0 Å². The molecule has 0 spiro atoms. The van der Waals surface area contributed by atoms with Crippen molar-refractivity contribution in [3.63, 3.8) is 0 Å². The highest BCUT2D eigenvalue weighted by Gasteiger charge is 2.37. The van der Waals surface area contributed by atoms with E-state index < -0.39 is 16.1 Å². The van der Waals surface area contributed by atoms with Gasteiger partial charge in [-0.1, -0.05) is 23.2 Å². The monoisotopic (exact) mass is 328 g/mol. The molecule has 18 heavy (non-hydrogen) atoms. The van der Waals surface area contributed by atoms with E-state index in [1.54, 1.807) is 0 Å². The zero-order chi connectivity index (χ0) is 13.5. The van der Waals surface area contributed by atoms with Gasteiger partial charge in [-0.25, -0.2) is 8.42 Å². The predicted molar refractivity (Wildman–Crippen MR) is 70.7 cm³/mol. The topological polar surface area (TPSA) is 66.5 Å². The lowest BCUT2D eigenvalue weighted by molar-refractivity contribution is -0.126. The number of thiophene rings is 1. The Morgan fingerprint density at radius 1 is 1.50 bits per heavy atom. The summed E-state index contributed by atoms with van der Waals surface area (Å²) in [6.07, 6.45) is 0. The normalized spacial score (nSPS) is 21.9. The number of halogens is 2. The van der Waals surface area contributed by atoms with Crippen LogP contribution < -0.4 is 5.32 Å². The Morgan fingerprint density at radius 3 is 2.72 bits per heavy atom. The third-order valence-corrected chi connectivity index (χ3v) is 6.38. The summed E-state index contributed by atoms with van der Waals surface area (Å²) < 4.78 is 26.3. The molecule has 0 aromatic carbocycles. The molecule has 1 aliphatic rings. The summed E-state index contributed by atoms with van der Waals surface area (Å²) in [6.45, 7) is 2.05. The molecule has 1 saturated heterocycles. The number of hydrogen-bond donors (Lipinski definition) is 1. The van der Waals surface area contributed by atoms with Crippen molar-refractivity contribution in [1.82, 2.24) is 9.62 Å². The third kappa shape index (κ3) is 2.37. The summed E-state index contributed by atoms with van der Waals surface area (Å²) in [6, 6.07) is 0.557. The van der Waals surface area contributed by atoms with Crippen molar-refractivity contribution in [2.24, 2.45) is 0 Å². The van der Waals surface area contributed by atoms with E-state index in [1.807, 2.05) is 0 Å². The van der Waals surface area contributed by atoms with E-state index in [1.165, 1.54) is 13.0 Å². The third-order valence-electron chi connectivity index (χ3n) is 2.65. The molecule has 1 aromatic rings. The van der Waals surface area contributed by atoms with Crippen LogP contribution >= 0.6 is 34.5 Å². The molecule has 2 rings (SSSR count). The Bertz CT molecular complexity index is 585. The smallest absolute Gasteiger partial charge is 0.246 e. The molecule has 1 N–H and O–H groups in total. The van der Waals surface area contributed by atoms with E-state index in [9.17, 15) is 13.2 Å². The standard InChI is InChI=1S/C9H10Cl2N2O3S2/c1-5-9(14)12-2-3-13(5)18(15,16)6-4-7(10)17-8(6)11/h4-5H,2-3H2,1H3,(H,12,14). The fraction of sp³-hybridized carbons (Fsp3) is 0.444. The second-order valence-corrected chi connectivity index (χ2v) is 7.92. The van der Waals surface area contributed by atoms with Crippen LogP contribution in [0.25, 0.3) is 0 Å². The number of nitrogens with one attached hydrogen (secondary N) is 1. The Morgan fingerprint density at radius 2 is 2.17 bits per heavy atom. The van der Waals surface area contributed by atoms with Crippen LogP contribution in [0.15, 0.2) is 11.0 Å². The van der Waals surface area contributed by atoms with Crippen LogP contribution in [0.2, 0.25) is 8.67 Å². The number of nitrogens with zero attached hydrogens (tertiary/aromatic N) is 1. The van der Waals surface area contributed by atoms with Gasteiger partial charge in [0.05, 0.1) is 4.34 Å². The number of amides is 1. The summed E-state index contributed by atoms with van der Waals surface area (Å²) >= 11 is 12.6. The second-order valence-electron chi connectivity index (χ2n) is 3.77. The van der Waals surface area contributed by atoms with Gasteiger partial charge in [-0.3, -0.25) is 4.79 Å². The van der Waals surface area contributed by atoms with Crippen molar-refractivity contribution in [3.8, 4) is 0 Å². The first-order valence-electron chi connectivity index (χ1n) is 5.08. The highest BCUT2D eigenvalue weighted by molar-refractivity contribution is 7.89. The summed E-state index contributed by atoms with van der Waals surface area (Å²) in [5.41, 5.74) is 0. The maximum Gasteiger partial charge on any atom is 0.246 e. The van der Waals surface area contributed by atoms with Gasteiger partial charge in [0.15, 0.2) is 0 Å². The van der Waals surface area contributed by atoms with Crippen LogP contribution in [0.5, 0.6) is 0 Å². The molecule has 1 amide bonds. The van der Waals surface area contributed by atoms with Gasteiger partial charge in [0.25, 0.3) is 0 Å². The second kappa shape index (κ2) is 4.97. The number of rotatable bonds is 2. The molecule has 1 unspecified atom stereocenters. The maximum absolute atomic E-state index is 12.4. The van der Waals surface area contributed by atoms with Gasteiger partial charge in [-0.15, -0.1) is 11.3 Å². The van der Waals surface area contributed by atoms with Gasteiger partial charge >= 0.3 is 0 Å². The summed E-state index contributed by atoms with van der Waals surface area (Å²) in [5.74, 6) is -0.317. The first-order chi connectivity index (χ1) is 8.34. The lowest BCUT2D eigenvalue weighted by Gasteiger charge is -2.31. The molecule has 0 aliphatic carbocycles. The van der Waals surface area contributed by atoms with Gasteiger partial charge in [0, 0.05) is 13.1 Å². The number of carbonyl (C=O) groups excluding carboxylic acids is 1. The van der Waals surface area contributed by atoms with Crippen molar-refractivity contribution in [2.75, 3.05) is 13.1 Å². The van der Waals surface area contributed by atoms with Crippen molar-refractivity contribution < 1.29 is 13.2 Å². The van der Waals surface area contributed by atoms with E-state index in [4.69, 9.17) is 23.2 Å². The summed E-state index contributed by atoms with van der Waals surface area (Å²) in [5, 5.41) is 2.60.